The number of aryl methyl sites for hydroxylation is 1. The Balaban J connectivity index is 2.17. The van der Waals surface area contributed by atoms with Crippen LogP contribution < -0.4 is 0 Å². The molecule has 4 nitrogen and oxygen atoms in total. The zero-order valence-corrected chi connectivity index (χ0v) is 12.7. The van der Waals surface area contributed by atoms with Crippen LogP contribution in [0.3, 0.4) is 0 Å². The molecule has 1 heterocycles. The molecule has 1 saturated heterocycles. The summed E-state index contributed by atoms with van der Waals surface area (Å²) in [4.78, 5) is 4.70. The highest BCUT2D eigenvalue weighted by molar-refractivity contribution is 7.92. The van der Waals surface area contributed by atoms with Crippen molar-refractivity contribution in [2.24, 2.45) is 0 Å². The smallest absolute Gasteiger partial charge is 0.194 e. The summed E-state index contributed by atoms with van der Waals surface area (Å²) in [7, 11) is -1.20. The van der Waals surface area contributed by atoms with Crippen molar-refractivity contribution in [1.29, 1.82) is 0 Å². The lowest BCUT2D eigenvalue weighted by Gasteiger charge is -2.35. The Bertz CT molecular complexity index is 517. The molecule has 1 aromatic rings. The Morgan fingerprint density at radius 3 is 2.11 bits per heavy atom. The lowest BCUT2D eigenvalue weighted by Crippen LogP contribution is -2.50. The Hall–Kier alpha value is -0.910. The molecule has 1 unspecified atom stereocenters. The van der Waals surface area contributed by atoms with Crippen molar-refractivity contribution in [3.63, 3.8) is 0 Å². The third-order valence-electron chi connectivity index (χ3n) is 3.85. The van der Waals surface area contributed by atoms with E-state index in [1.54, 1.807) is 19.1 Å². The minimum Gasteiger partial charge on any atom is -0.304 e. The van der Waals surface area contributed by atoms with Gasteiger partial charge >= 0.3 is 0 Å². The zero-order valence-electron chi connectivity index (χ0n) is 11.8. The van der Waals surface area contributed by atoms with Gasteiger partial charge in [-0.25, -0.2) is 8.42 Å². The van der Waals surface area contributed by atoms with E-state index >= 15 is 0 Å². The van der Waals surface area contributed by atoms with Crippen LogP contribution in [0, 0.1) is 6.92 Å². The average molecular weight is 282 g/mol. The molecule has 0 radical (unpaired) electrons. The first kappa shape index (κ1) is 14.5. The maximum absolute atomic E-state index is 12.6. The van der Waals surface area contributed by atoms with Crippen LogP contribution in [-0.2, 0) is 9.84 Å². The minimum absolute atomic E-state index is 0.421. The maximum Gasteiger partial charge on any atom is 0.194 e. The van der Waals surface area contributed by atoms with Crippen molar-refractivity contribution < 1.29 is 8.42 Å². The van der Waals surface area contributed by atoms with Crippen LogP contribution in [0.15, 0.2) is 29.2 Å². The van der Waals surface area contributed by atoms with Crippen molar-refractivity contribution in [2.45, 2.75) is 24.1 Å². The molecule has 1 aliphatic heterocycles. The van der Waals surface area contributed by atoms with E-state index in [4.69, 9.17) is 0 Å². The first-order valence-electron chi connectivity index (χ1n) is 6.64. The van der Waals surface area contributed by atoms with Gasteiger partial charge in [0.1, 0.15) is 5.37 Å². The van der Waals surface area contributed by atoms with E-state index in [-0.39, 0.29) is 0 Å². The van der Waals surface area contributed by atoms with Crippen LogP contribution in [0.1, 0.15) is 12.5 Å². The Kier molecular flexibility index (Phi) is 4.28. The van der Waals surface area contributed by atoms with E-state index in [1.165, 1.54) is 0 Å². The van der Waals surface area contributed by atoms with Gasteiger partial charge in [-0.15, -0.1) is 0 Å². The first-order chi connectivity index (χ1) is 8.91. The molecule has 0 spiro atoms. The standard InChI is InChI=1S/C14H22N2O2S/c1-12-4-6-14(7-5-12)19(17,18)13(2)16-10-8-15(3)9-11-16/h4-7,13H,8-11H2,1-3H3. The van der Waals surface area contributed by atoms with Crippen molar-refractivity contribution in [2.75, 3.05) is 33.2 Å². The summed E-state index contributed by atoms with van der Waals surface area (Å²) < 4.78 is 25.1. The maximum atomic E-state index is 12.6. The van der Waals surface area contributed by atoms with Crippen molar-refractivity contribution in [3.05, 3.63) is 29.8 Å². The van der Waals surface area contributed by atoms with Crippen molar-refractivity contribution >= 4 is 9.84 Å². The monoisotopic (exact) mass is 282 g/mol. The number of likely N-dealkylation sites (N-methyl/N-ethyl adjacent to an activating group) is 1. The van der Waals surface area contributed by atoms with Gasteiger partial charge in [-0.1, -0.05) is 17.7 Å². The highest BCUT2D eigenvalue weighted by atomic mass is 32.2. The van der Waals surface area contributed by atoms with E-state index in [0.717, 1.165) is 31.7 Å². The molecule has 5 heteroatoms. The Labute approximate surface area is 115 Å². The van der Waals surface area contributed by atoms with Gasteiger partial charge in [-0.05, 0) is 33.0 Å². The molecule has 0 amide bonds. The second kappa shape index (κ2) is 5.61. The fraction of sp³-hybridized carbons (Fsp3) is 0.571. The van der Waals surface area contributed by atoms with Gasteiger partial charge in [0.25, 0.3) is 0 Å². The summed E-state index contributed by atoms with van der Waals surface area (Å²) in [6, 6.07) is 7.11. The second-order valence-electron chi connectivity index (χ2n) is 5.30. The minimum atomic E-state index is -3.27. The van der Waals surface area contributed by atoms with Crippen LogP contribution in [-0.4, -0.2) is 56.8 Å². The lowest BCUT2D eigenvalue weighted by atomic mass is 10.2. The fourth-order valence-electron chi connectivity index (χ4n) is 2.31. The summed E-state index contributed by atoms with van der Waals surface area (Å²) in [5.74, 6) is 0. The number of rotatable bonds is 3. The summed E-state index contributed by atoms with van der Waals surface area (Å²) in [5, 5.41) is -0.455. The average Bonchev–Trinajstić information content (AvgIpc) is 2.39. The fourth-order valence-corrected chi connectivity index (χ4v) is 3.82. The second-order valence-corrected chi connectivity index (χ2v) is 7.54. The SMILES string of the molecule is Cc1ccc(S(=O)(=O)C(C)N2CCN(C)CC2)cc1. The van der Waals surface area contributed by atoms with Gasteiger partial charge in [0.05, 0.1) is 4.90 Å². The number of piperazine rings is 1. The number of hydrogen-bond acceptors (Lipinski definition) is 4. The normalized spacial score (nSPS) is 20.4. The predicted molar refractivity (Wildman–Crippen MR) is 76.9 cm³/mol. The molecule has 1 aromatic carbocycles. The van der Waals surface area contributed by atoms with Gasteiger partial charge in [-0.3, -0.25) is 4.90 Å². The lowest BCUT2D eigenvalue weighted by molar-refractivity contribution is 0.146. The third kappa shape index (κ3) is 3.16. The predicted octanol–water partition coefficient (Wildman–Crippen LogP) is 1.36. The van der Waals surface area contributed by atoms with E-state index in [2.05, 4.69) is 16.8 Å². The molecular formula is C14H22N2O2S. The van der Waals surface area contributed by atoms with Gasteiger partial charge in [0.2, 0.25) is 0 Å². The van der Waals surface area contributed by atoms with E-state index < -0.39 is 15.2 Å². The molecular weight excluding hydrogens is 260 g/mol. The molecule has 0 aromatic heterocycles. The van der Waals surface area contributed by atoms with Crippen LogP contribution in [0.4, 0.5) is 0 Å². The van der Waals surface area contributed by atoms with Crippen molar-refractivity contribution in [3.8, 4) is 0 Å². The van der Waals surface area contributed by atoms with Crippen LogP contribution in [0.2, 0.25) is 0 Å². The molecule has 1 aliphatic rings. The molecule has 106 valence electrons. The Morgan fingerprint density at radius 2 is 1.58 bits per heavy atom. The largest absolute Gasteiger partial charge is 0.304 e. The summed E-state index contributed by atoms with van der Waals surface area (Å²) in [5.41, 5.74) is 1.08. The molecule has 19 heavy (non-hydrogen) atoms. The summed E-state index contributed by atoms with van der Waals surface area (Å²) in [6.45, 7) is 7.22. The molecule has 1 atom stereocenters. The quantitative estimate of drug-likeness (QED) is 0.839. The van der Waals surface area contributed by atoms with Gasteiger partial charge < -0.3 is 4.90 Å². The molecule has 0 bridgehead atoms. The highest BCUT2D eigenvalue weighted by Gasteiger charge is 2.30. The molecule has 0 N–H and O–H groups in total. The topological polar surface area (TPSA) is 40.6 Å². The van der Waals surface area contributed by atoms with Gasteiger partial charge in [0, 0.05) is 26.2 Å². The van der Waals surface area contributed by atoms with E-state index in [9.17, 15) is 8.42 Å². The number of benzene rings is 1. The van der Waals surface area contributed by atoms with Gasteiger partial charge in [0.15, 0.2) is 9.84 Å². The van der Waals surface area contributed by atoms with E-state index in [1.807, 2.05) is 19.1 Å². The summed E-state index contributed by atoms with van der Waals surface area (Å²) >= 11 is 0. The zero-order chi connectivity index (χ0) is 14.0. The summed E-state index contributed by atoms with van der Waals surface area (Å²) in [6.07, 6.45) is 0. The van der Waals surface area contributed by atoms with Crippen molar-refractivity contribution in [1.82, 2.24) is 9.80 Å². The number of sulfone groups is 1. The first-order valence-corrected chi connectivity index (χ1v) is 8.19. The van der Waals surface area contributed by atoms with Crippen LogP contribution in [0.25, 0.3) is 0 Å². The molecule has 1 fully saturated rings. The molecule has 0 saturated carbocycles. The van der Waals surface area contributed by atoms with Gasteiger partial charge in [-0.2, -0.15) is 0 Å². The molecule has 0 aliphatic carbocycles. The number of nitrogens with zero attached hydrogens (tertiary/aromatic N) is 2. The Morgan fingerprint density at radius 1 is 1.05 bits per heavy atom. The molecule has 2 rings (SSSR count). The van der Waals surface area contributed by atoms with Crippen LogP contribution >= 0.6 is 0 Å². The third-order valence-corrected chi connectivity index (χ3v) is 5.98. The van der Waals surface area contributed by atoms with Crippen LogP contribution in [0.5, 0.6) is 0 Å². The highest BCUT2D eigenvalue weighted by Crippen LogP contribution is 2.20. The van der Waals surface area contributed by atoms with E-state index in [0.29, 0.717) is 4.90 Å². The number of hydrogen-bond donors (Lipinski definition) is 0.